The number of nitrogens with zero attached hydrogens (tertiary/aromatic N) is 1. The molecule has 1 unspecified atom stereocenters. The molecule has 0 aromatic heterocycles. The van der Waals surface area contributed by atoms with Gasteiger partial charge in [0.2, 0.25) is 0 Å². The van der Waals surface area contributed by atoms with Gasteiger partial charge in [0.1, 0.15) is 11.6 Å². The van der Waals surface area contributed by atoms with Crippen molar-refractivity contribution in [3.8, 4) is 0 Å². The van der Waals surface area contributed by atoms with Gasteiger partial charge in [-0.15, -0.1) is 0 Å². The van der Waals surface area contributed by atoms with Crippen LogP contribution in [-0.2, 0) is 4.74 Å². The molecule has 0 saturated heterocycles. The van der Waals surface area contributed by atoms with Crippen molar-refractivity contribution in [2.24, 2.45) is 5.73 Å². The van der Waals surface area contributed by atoms with Gasteiger partial charge in [0.05, 0.1) is 12.6 Å². The number of hydrogen-bond acceptors (Lipinski definition) is 3. The van der Waals surface area contributed by atoms with Crippen LogP contribution in [0.15, 0.2) is 18.2 Å². The first-order valence-electron chi connectivity index (χ1n) is 7.48. The van der Waals surface area contributed by atoms with Crippen molar-refractivity contribution in [3.63, 3.8) is 0 Å². The number of nitrogens with two attached hydrogens (primary N) is 1. The molecular weight excluding hydrogens is 274 g/mol. The van der Waals surface area contributed by atoms with Gasteiger partial charge < -0.3 is 10.5 Å². The molecule has 0 fully saturated rings. The third-order valence-corrected chi connectivity index (χ3v) is 3.91. The molecule has 0 aliphatic carbocycles. The monoisotopic (exact) mass is 300 g/mol. The second-order valence-electron chi connectivity index (χ2n) is 5.12. The Balaban J connectivity index is 3.12. The first-order chi connectivity index (χ1) is 10.1. The molecule has 1 aromatic rings. The highest BCUT2D eigenvalue weighted by Crippen LogP contribution is 2.27. The van der Waals surface area contributed by atoms with Crippen LogP contribution in [0.4, 0.5) is 8.78 Å². The maximum atomic E-state index is 14.1. The molecule has 0 aliphatic rings. The molecule has 2 N–H and O–H groups in total. The van der Waals surface area contributed by atoms with Gasteiger partial charge in [-0.2, -0.15) is 0 Å². The van der Waals surface area contributed by atoms with Crippen molar-refractivity contribution in [1.29, 1.82) is 0 Å². The fraction of sp³-hybridized carbons (Fsp3) is 0.625. The average Bonchev–Trinajstić information content (AvgIpc) is 2.49. The highest BCUT2D eigenvalue weighted by molar-refractivity contribution is 5.23. The maximum absolute atomic E-state index is 14.1. The Kier molecular flexibility index (Phi) is 7.78. The molecule has 0 amide bonds. The normalized spacial score (nSPS) is 13.1. The number of ether oxygens (including phenoxy) is 1. The zero-order valence-corrected chi connectivity index (χ0v) is 13.1. The van der Waals surface area contributed by atoms with E-state index in [-0.39, 0.29) is 18.6 Å². The molecular formula is C16H26F2N2O. The molecule has 1 atom stereocenters. The number of methoxy groups -OCH3 is 1. The average molecular weight is 300 g/mol. The molecule has 21 heavy (non-hydrogen) atoms. The topological polar surface area (TPSA) is 38.5 Å². The second-order valence-corrected chi connectivity index (χ2v) is 5.12. The molecule has 0 heterocycles. The summed E-state index contributed by atoms with van der Waals surface area (Å²) in [4.78, 5) is 2.13. The van der Waals surface area contributed by atoms with Crippen LogP contribution in [-0.4, -0.2) is 37.7 Å². The molecule has 0 spiro atoms. The van der Waals surface area contributed by atoms with Crippen LogP contribution in [0, 0.1) is 11.6 Å². The van der Waals surface area contributed by atoms with Gasteiger partial charge in [-0.05, 0) is 31.0 Å². The Bertz CT molecular complexity index is 425. The van der Waals surface area contributed by atoms with Crippen LogP contribution in [0.1, 0.15) is 38.3 Å². The first kappa shape index (κ1) is 18.0. The Hall–Kier alpha value is -1.04. The fourth-order valence-electron chi connectivity index (χ4n) is 2.76. The summed E-state index contributed by atoms with van der Waals surface area (Å²) in [5, 5.41) is 0. The first-order valence-corrected chi connectivity index (χ1v) is 7.48. The molecule has 0 saturated carbocycles. The lowest BCUT2D eigenvalue weighted by atomic mass is 10.00. The van der Waals surface area contributed by atoms with Crippen molar-refractivity contribution in [2.75, 3.05) is 26.8 Å². The van der Waals surface area contributed by atoms with Crippen molar-refractivity contribution in [1.82, 2.24) is 4.90 Å². The number of halogens is 2. The lowest BCUT2D eigenvalue weighted by Crippen LogP contribution is -2.43. The Labute approximate surface area is 126 Å². The number of rotatable bonds is 9. The Morgan fingerprint density at radius 2 is 1.90 bits per heavy atom. The van der Waals surface area contributed by atoms with Crippen molar-refractivity contribution in [3.05, 3.63) is 35.4 Å². The molecule has 1 rings (SSSR count). The van der Waals surface area contributed by atoms with Crippen LogP contribution < -0.4 is 5.73 Å². The zero-order chi connectivity index (χ0) is 15.8. The summed E-state index contributed by atoms with van der Waals surface area (Å²) in [6, 6.07) is 3.45. The molecule has 3 nitrogen and oxygen atoms in total. The van der Waals surface area contributed by atoms with Gasteiger partial charge in [0.15, 0.2) is 0 Å². The van der Waals surface area contributed by atoms with E-state index in [0.29, 0.717) is 18.7 Å². The quantitative estimate of drug-likeness (QED) is 0.761. The lowest BCUT2D eigenvalue weighted by molar-refractivity contribution is 0.0802. The van der Waals surface area contributed by atoms with Gasteiger partial charge in [-0.1, -0.05) is 13.8 Å². The third kappa shape index (κ3) is 4.73. The minimum atomic E-state index is -0.443. The summed E-state index contributed by atoms with van der Waals surface area (Å²) >= 11 is 0. The summed E-state index contributed by atoms with van der Waals surface area (Å²) < 4.78 is 32.7. The van der Waals surface area contributed by atoms with Gasteiger partial charge in [-0.3, -0.25) is 4.90 Å². The van der Waals surface area contributed by atoms with E-state index in [9.17, 15) is 8.78 Å². The van der Waals surface area contributed by atoms with Crippen molar-refractivity contribution >= 4 is 0 Å². The summed E-state index contributed by atoms with van der Waals surface area (Å²) in [5.41, 5.74) is 6.19. The van der Waals surface area contributed by atoms with E-state index in [4.69, 9.17) is 10.5 Å². The van der Waals surface area contributed by atoms with Gasteiger partial charge in [0.25, 0.3) is 0 Å². The number of benzene rings is 1. The van der Waals surface area contributed by atoms with Crippen LogP contribution in [0.2, 0.25) is 0 Å². The van der Waals surface area contributed by atoms with E-state index in [1.54, 1.807) is 7.11 Å². The minimum absolute atomic E-state index is 0.237. The summed E-state index contributed by atoms with van der Waals surface area (Å²) in [6.45, 7) is 5.58. The molecule has 0 radical (unpaired) electrons. The number of hydrogen-bond donors (Lipinski definition) is 1. The predicted octanol–water partition coefficient (Wildman–Crippen LogP) is 3.10. The summed E-state index contributed by atoms with van der Waals surface area (Å²) in [7, 11) is 1.63. The van der Waals surface area contributed by atoms with Crippen LogP contribution in [0.25, 0.3) is 0 Å². The van der Waals surface area contributed by atoms with Crippen LogP contribution in [0.3, 0.4) is 0 Å². The van der Waals surface area contributed by atoms with E-state index in [1.807, 2.05) is 0 Å². The van der Waals surface area contributed by atoms with Crippen molar-refractivity contribution in [2.45, 2.75) is 38.8 Å². The summed E-state index contributed by atoms with van der Waals surface area (Å²) in [6.07, 6.45) is 1.85. The SMILES string of the molecule is CCC(CC)N(CCOC)C(CN)c1cc(F)ccc1F. The predicted molar refractivity (Wildman–Crippen MR) is 81.1 cm³/mol. The molecule has 120 valence electrons. The molecule has 0 bridgehead atoms. The van der Waals surface area contributed by atoms with E-state index in [0.717, 1.165) is 25.0 Å². The molecule has 0 aliphatic heterocycles. The van der Waals surface area contributed by atoms with E-state index >= 15 is 0 Å². The maximum Gasteiger partial charge on any atom is 0.128 e. The Morgan fingerprint density at radius 1 is 1.24 bits per heavy atom. The van der Waals surface area contributed by atoms with Gasteiger partial charge in [-0.25, -0.2) is 8.78 Å². The Morgan fingerprint density at radius 3 is 2.43 bits per heavy atom. The fourth-order valence-corrected chi connectivity index (χ4v) is 2.76. The molecule has 5 heteroatoms. The largest absolute Gasteiger partial charge is 0.383 e. The third-order valence-electron chi connectivity index (χ3n) is 3.91. The zero-order valence-electron chi connectivity index (χ0n) is 13.1. The van der Waals surface area contributed by atoms with Crippen molar-refractivity contribution < 1.29 is 13.5 Å². The second kappa shape index (κ2) is 9.07. The van der Waals surface area contributed by atoms with Gasteiger partial charge in [0, 0.05) is 31.8 Å². The summed E-state index contributed by atoms with van der Waals surface area (Å²) in [5.74, 6) is -0.860. The van der Waals surface area contributed by atoms with Crippen LogP contribution in [0.5, 0.6) is 0 Å². The van der Waals surface area contributed by atoms with E-state index in [2.05, 4.69) is 18.7 Å². The minimum Gasteiger partial charge on any atom is -0.383 e. The highest BCUT2D eigenvalue weighted by Gasteiger charge is 2.26. The standard InChI is InChI=1S/C16H26F2N2O/c1-4-13(5-2)20(8-9-21-3)16(11-19)14-10-12(17)6-7-15(14)18/h6-7,10,13,16H,4-5,8-9,11,19H2,1-3H3. The van der Waals surface area contributed by atoms with Crippen LogP contribution >= 0.6 is 0 Å². The highest BCUT2D eigenvalue weighted by atomic mass is 19.1. The molecule has 1 aromatic carbocycles. The van der Waals surface area contributed by atoms with E-state index < -0.39 is 11.6 Å². The smallest absolute Gasteiger partial charge is 0.128 e. The van der Waals surface area contributed by atoms with E-state index in [1.165, 1.54) is 6.07 Å². The van der Waals surface area contributed by atoms with Gasteiger partial charge >= 0.3 is 0 Å². The lowest BCUT2D eigenvalue weighted by Gasteiger charge is -2.37.